The van der Waals surface area contributed by atoms with E-state index in [0.717, 1.165) is 0 Å². The molecule has 0 radical (unpaired) electrons. The minimum atomic E-state index is -0.905. The van der Waals surface area contributed by atoms with Crippen LogP contribution in [0.25, 0.3) is 22.3 Å². The number of ether oxygens (including phenoxy) is 4. The first-order valence-corrected chi connectivity index (χ1v) is 7.80. The number of phenolic OH excluding ortho intramolecular Hbond substituents is 1. The average Bonchev–Trinajstić information content (AvgIpc) is 2.68. The first-order valence-electron chi connectivity index (χ1n) is 7.80. The Hall–Kier alpha value is -3.55. The fourth-order valence-electron chi connectivity index (χ4n) is 2.78. The molecular formula is C19H17O8-. The Morgan fingerprint density at radius 3 is 2.07 bits per heavy atom. The second-order valence-corrected chi connectivity index (χ2v) is 5.52. The quantitative estimate of drug-likeness (QED) is 0.725. The number of methoxy groups -OCH3 is 4. The summed E-state index contributed by atoms with van der Waals surface area (Å²) in [5, 5.41) is 22.4. The van der Waals surface area contributed by atoms with Gasteiger partial charge >= 0.3 is 0 Å². The molecule has 27 heavy (non-hydrogen) atoms. The summed E-state index contributed by atoms with van der Waals surface area (Å²) in [6.45, 7) is 0. The van der Waals surface area contributed by atoms with Gasteiger partial charge in [-0.05, 0) is 17.9 Å². The molecule has 0 amide bonds. The molecule has 0 bridgehead atoms. The van der Waals surface area contributed by atoms with E-state index in [1.807, 2.05) is 0 Å². The highest BCUT2D eigenvalue weighted by Gasteiger charge is 2.19. The Morgan fingerprint density at radius 2 is 1.56 bits per heavy atom. The molecule has 0 atom stereocenters. The van der Waals surface area contributed by atoms with Crippen molar-refractivity contribution in [2.24, 2.45) is 0 Å². The third kappa shape index (κ3) is 2.95. The van der Waals surface area contributed by atoms with E-state index >= 15 is 0 Å². The van der Waals surface area contributed by atoms with Gasteiger partial charge < -0.3 is 33.6 Å². The van der Waals surface area contributed by atoms with Crippen LogP contribution in [0.4, 0.5) is 0 Å². The summed E-state index contributed by atoms with van der Waals surface area (Å²) in [6.07, 6.45) is 0. The highest BCUT2D eigenvalue weighted by molar-refractivity contribution is 5.88. The maximum Gasteiger partial charge on any atom is 0.203 e. The van der Waals surface area contributed by atoms with E-state index in [0.29, 0.717) is 17.2 Å². The Balaban J connectivity index is 2.35. The number of aromatic hydroxyl groups is 1. The summed E-state index contributed by atoms with van der Waals surface area (Å²) in [5.41, 5.74) is -0.615. The standard InChI is InChI=1S/C19H18O8/c1-23-10-7-11(20)15-12(8-10)27-18(17(22)16(15)21)9-5-13(24-2)19(26-4)14(6-9)25-3/h5-8,20,22H,1-4H3/p-1. The van der Waals surface area contributed by atoms with Crippen LogP contribution in [0.2, 0.25) is 0 Å². The zero-order valence-corrected chi connectivity index (χ0v) is 15.1. The molecule has 3 aromatic rings. The smallest absolute Gasteiger partial charge is 0.203 e. The molecule has 0 aliphatic carbocycles. The molecule has 0 aliphatic rings. The monoisotopic (exact) mass is 373 g/mol. The molecule has 3 rings (SSSR count). The zero-order valence-electron chi connectivity index (χ0n) is 15.1. The van der Waals surface area contributed by atoms with Crippen molar-refractivity contribution in [3.63, 3.8) is 0 Å². The normalized spacial score (nSPS) is 10.7. The largest absolute Gasteiger partial charge is 0.867 e. The fraction of sp³-hybridized carbons (Fsp3) is 0.211. The van der Waals surface area contributed by atoms with Gasteiger partial charge in [-0.2, -0.15) is 0 Å². The van der Waals surface area contributed by atoms with E-state index in [4.69, 9.17) is 23.4 Å². The molecule has 0 saturated heterocycles. The first kappa shape index (κ1) is 18.2. The van der Waals surface area contributed by atoms with Crippen molar-refractivity contribution in [2.75, 3.05) is 28.4 Å². The predicted molar refractivity (Wildman–Crippen MR) is 95.2 cm³/mol. The van der Waals surface area contributed by atoms with E-state index < -0.39 is 16.9 Å². The molecular weight excluding hydrogens is 356 g/mol. The van der Waals surface area contributed by atoms with Gasteiger partial charge in [0.1, 0.15) is 28.2 Å². The molecule has 8 nitrogen and oxygen atoms in total. The highest BCUT2D eigenvalue weighted by Crippen LogP contribution is 2.43. The molecule has 0 saturated carbocycles. The SMILES string of the molecule is COc1cc(O)c2c(=O)c([O-])c(-c3cc(OC)c(OC)c(OC)c3)oc2c1. The van der Waals surface area contributed by atoms with Crippen LogP contribution in [0.15, 0.2) is 33.5 Å². The van der Waals surface area contributed by atoms with Gasteiger partial charge in [-0.3, -0.25) is 4.79 Å². The molecule has 1 aromatic heterocycles. The lowest BCUT2D eigenvalue weighted by molar-refractivity contribution is -0.270. The number of phenols is 1. The first-order chi connectivity index (χ1) is 12.9. The fourth-order valence-corrected chi connectivity index (χ4v) is 2.78. The summed E-state index contributed by atoms with van der Waals surface area (Å²) in [7, 11) is 5.71. The summed E-state index contributed by atoms with van der Waals surface area (Å²) in [6, 6.07) is 5.63. The third-order valence-electron chi connectivity index (χ3n) is 4.07. The van der Waals surface area contributed by atoms with E-state index in [2.05, 4.69) is 0 Å². The van der Waals surface area contributed by atoms with Crippen molar-refractivity contribution in [2.45, 2.75) is 0 Å². The molecule has 0 fully saturated rings. The number of hydrogen-bond donors (Lipinski definition) is 1. The third-order valence-corrected chi connectivity index (χ3v) is 4.07. The van der Waals surface area contributed by atoms with Crippen LogP contribution >= 0.6 is 0 Å². The van der Waals surface area contributed by atoms with Crippen LogP contribution in [0.3, 0.4) is 0 Å². The van der Waals surface area contributed by atoms with Gasteiger partial charge in [-0.15, -0.1) is 0 Å². The summed E-state index contributed by atoms with van der Waals surface area (Å²) in [4.78, 5) is 12.5. The van der Waals surface area contributed by atoms with Crippen LogP contribution in [0, 0.1) is 0 Å². The van der Waals surface area contributed by atoms with E-state index in [1.54, 1.807) is 0 Å². The number of rotatable bonds is 5. The van der Waals surface area contributed by atoms with Gasteiger partial charge in [-0.25, -0.2) is 0 Å². The Morgan fingerprint density at radius 1 is 0.926 bits per heavy atom. The van der Waals surface area contributed by atoms with Gasteiger partial charge in [0.15, 0.2) is 16.9 Å². The number of benzene rings is 2. The van der Waals surface area contributed by atoms with E-state index in [1.165, 1.54) is 52.7 Å². The molecule has 1 N–H and O–H groups in total. The maximum absolute atomic E-state index is 12.6. The van der Waals surface area contributed by atoms with Gasteiger partial charge in [0.25, 0.3) is 0 Å². The topological polar surface area (TPSA) is 110 Å². The molecule has 0 spiro atoms. The molecule has 8 heteroatoms. The van der Waals surface area contributed by atoms with Crippen molar-refractivity contribution in [3.8, 4) is 45.8 Å². The van der Waals surface area contributed by atoms with E-state index in [-0.39, 0.29) is 28.0 Å². The lowest BCUT2D eigenvalue weighted by atomic mass is 10.1. The summed E-state index contributed by atoms with van der Waals surface area (Å²) >= 11 is 0. The second-order valence-electron chi connectivity index (χ2n) is 5.52. The van der Waals surface area contributed by atoms with Crippen LogP contribution < -0.4 is 29.5 Å². The van der Waals surface area contributed by atoms with Crippen molar-refractivity contribution >= 4 is 11.0 Å². The lowest BCUT2D eigenvalue weighted by Crippen LogP contribution is -2.12. The van der Waals surface area contributed by atoms with Crippen LogP contribution in [0.5, 0.6) is 34.5 Å². The van der Waals surface area contributed by atoms with Crippen molar-refractivity contribution in [1.82, 2.24) is 0 Å². The lowest BCUT2D eigenvalue weighted by Gasteiger charge is -2.17. The summed E-state index contributed by atoms with van der Waals surface area (Å²) in [5.74, 6) is -0.329. The average molecular weight is 373 g/mol. The Labute approximate surface area is 154 Å². The Kier molecular flexibility index (Phi) is 4.72. The molecule has 142 valence electrons. The summed E-state index contributed by atoms with van der Waals surface area (Å²) < 4.78 is 26.5. The van der Waals surface area contributed by atoms with Crippen molar-refractivity contribution < 1.29 is 33.6 Å². The maximum atomic E-state index is 12.6. The molecule has 1 heterocycles. The minimum absolute atomic E-state index is 0.0141. The van der Waals surface area contributed by atoms with Crippen molar-refractivity contribution in [3.05, 3.63) is 34.5 Å². The Bertz CT molecular complexity index is 1040. The zero-order chi connectivity index (χ0) is 19.7. The molecule has 2 aromatic carbocycles. The molecule has 0 aliphatic heterocycles. The van der Waals surface area contributed by atoms with Crippen LogP contribution in [-0.4, -0.2) is 33.5 Å². The van der Waals surface area contributed by atoms with Crippen molar-refractivity contribution in [1.29, 1.82) is 0 Å². The second kappa shape index (κ2) is 6.99. The van der Waals surface area contributed by atoms with Crippen LogP contribution in [0.1, 0.15) is 0 Å². The van der Waals surface area contributed by atoms with Gasteiger partial charge in [-0.1, -0.05) is 0 Å². The van der Waals surface area contributed by atoms with E-state index in [9.17, 15) is 15.0 Å². The van der Waals surface area contributed by atoms with Gasteiger partial charge in [0.2, 0.25) is 5.75 Å². The predicted octanol–water partition coefficient (Wildman–Crippen LogP) is 2.27. The number of fused-ring (bicyclic) bond motifs is 1. The van der Waals surface area contributed by atoms with Gasteiger partial charge in [0, 0.05) is 17.7 Å². The van der Waals surface area contributed by atoms with Gasteiger partial charge in [0.05, 0.1) is 28.4 Å². The van der Waals surface area contributed by atoms with Crippen LogP contribution in [-0.2, 0) is 0 Å². The number of hydrogen-bond acceptors (Lipinski definition) is 8. The highest BCUT2D eigenvalue weighted by atomic mass is 16.5. The molecule has 0 unspecified atom stereocenters. The minimum Gasteiger partial charge on any atom is -0.867 e.